The highest BCUT2D eigenvalue weighted by Crippen LogP contribution is 2.33. The zero-order chi connectivity index (χ0) is 20.4. The van der Waals surface area contributed by atoms with Crippen LogP contribution >= 0.6 is 23.2 Å². The fraction of sp³-hybridized carbons (Fsp3) is 0.0870. The number of benzene rings is 3. The zero-order valence-electron chi connectivity index (χ0n) is 15.9. The van der Waals surface area contributed by atoms with Gasteiger partial charge < -0.3 is 9.47 Å². The molecule has 0 atom stereocenters. The lowest BCUT2D eigenvalue weighted by Gasteiger charge is -2.09. The molecule has 0 aliphatic heterocycles. The summed E-state index contributed by atoms with van der Waals surface area (Å²) < 4.78 is 12.6. The van der Waals surface area contributed by atoms with Crippen molar-refractivity contribution >= 4 is 23.2 Å². The summed E-state index contributed by atoms with van der Waals surface area (Å²) in [6.07, 6.45) is 0. The smallest absolute Gasteiger partial charge is 0.119 e. The van der Waals surface area contributed by atoms with Crippen molar-refractivity contribution < 1.29 is 9.47 Å². The molecule has 0 aliphatic rings. The van der Waals surface area contributed by atoms with Crippen molar-refractivity contribution in [3.8, 4) is 39.7 Å². The minimum atomic E-state index is 0.471. The van der Waals surface area contributed by atoms with Gasteiger partial charge in [-0.2, -0.15) is 5.10 Å². The van der Waals surface area contributed by atoms with Gasteiger partial charge in [0.2, 0.25) is 0 Å². The Hall–Kier alpha value is -2.95. The Labute approximate surface area is 179 Å². The predicted molar refractivity (Wildman–Crippen MR) is 118 cm³/mol. The molecule has 0 spiro atoms. The molecule has 4 nitrogen and oxygen atoms in total. The Morgan fingerprint density at radius 2 is 1.38 bits per heavy atom. The maximum atomic E-state index is 6.26. The molecule has 4 aromatic rings. The van der Waals surface area contributed by atoms with E-state index in [0.717, 1.165) is 39.7 Å². The maximum absolute atomic E-state index is 6.26. The number of methoxy groups -OCH3 is 2. The monoisotopic (exact) mass is 424 g/mol. The van der Waals surface area contributed by atoms with Crippen molar-refractivity contribution in [1.82, 2.24) is 9.78 Å². The fourth-order valence-corrected chi connectivity index (χ4v) is 3.40. The number of rotatable bonds is 5. The minimum Gasteiger partial charge on any atom is -0.497 e. The van der Waals surface area contributed by atoms with Crippen LogP contribution in [0.1, 0.15) is 0 Å². The highest BCUT2D eigenvalue weighted by Gasteiger charge is 2.15. The summed E-state index contributed by atoms with van der Waals surface area (Å²) in [5.74, 6) is 1.54. The van der Waals surface area contributed by atoms with Crippen molar-refractivity contribution in [2.24, 2.45) is 0 Å². The molecule has 0 saturated carbocycles. The normalized spacial score (nSPS) is 10.8. The summed E-state index contributed by atoms with van der Waals surface area (Å²) in [7, 11) is 3.30. The van der Waals surface area contributed by atoms with Crippen LogP contribution in [0.15, 0.2) is 72.8 Å². The van der Waals surface area contributed by atoms with E-state index in [4.69, 9.17) is 37.8 Å². The van der Waals surface area contributed by atoms with Gasteiger partial charge in [0.05, 0.1) is 41.3 Å². The highest BCUT2D eigenvalue weighted by atomic mass is 35.5. The first-order chi connectivity index (χ1) is 14.1. The van der Waals surface area contributed by atoms with Crippen LogP contribution in [0.5, 0.6) is 11.5 Å². The quantitative estimate of drug-likeness (QED) is 0.365. The van der Waals surface area contributed by atoms with E-state index in [2.05, 4.69) is 0 Å². The molecule has 1 heterocycles. The summed E-state index contributed by atoms with van der Waals surface area (Å²) in [5, 5.41) is 5.82. The van der Waals surface area contributed by atoms with Crippen molar-refractivity contribution in [3.05, 3.63) is 82.8 Å². The number of ether oxygens (including phenoxy) is 2. The topological polar surface area (TPSA) is 36.3 Å². The van der Waals surface area contributed by atoms with Gasteiger partial charge >= 0.3 is 0 Å². The second kappa shape index (κ2) is 8.19. The lowest BCUT2D eigenvalue weighted by Crippen LogP contribution is -1.99. The largest absolute Gasteiger partial charge is 0.497 e. The van der Waals surface area contributed by atoms with Crippen LogP contribution in [0.2, 0.25) is 10.0 Å². The van der Waals surface area contributed by atoms with Crippen LogP contribution < -0.4 is 9.47 Å². The Morgan fingerprint density at radius 3 is 2.03 bits per heavy atom. The Bertz CT molecular complexity index is 1170. The van der Waals surface area contributed by atoms with E-state index in [0.29, 0.717) is 10.0 Å². The number of aromatic nitrogens is 2. The first-order valence-corrected chi connectivity index (χ1v) is 9.69. The Morgan fingerprint density at radius 1 is 0.724 bits per heavy atom. The molecule has 0 amide bonds. The lowest BCUT2D eigenvalue weighted by atomic mass is 10.1. The summed E-state index contributed by atoms with van der Waals surface area (Å²) in [5.41, 5.74) is 4.45. The molecule has 6 heteroatoms. The molecular weight excluding hydrogens is 407 g/mol. The first-order valence-electron chi connectivity index (χ1n) is 8.93. The van der Waals surface area contributed by atoms with Gasteiger partial charge in [-0.1, -0.05) is 47.5 Å². The van der Waals surface area contributed by atoms with E-state index in [9.17, 15) is 0 Å². The van der Waals surface area contributed by atoms with E-state index in [1.165, 1.54) is 0 Å². The van der Waals surface area contributed by atoms with Gasteiger partial charge in [-0.25, -0.2) is 4.68 Å². The number of halogens is 2. The van der Waals surface area contributed by atoms with Crippen molar-refractivity contribution in [2.75, 3.05) is 14.2 Å². The summed E-state index contributed by atoms with van der Waals surface area (Å²) in [6.45, 7) is 0. The number of hydrogen-bond acceptors (Lipinski definition) is 3. The summed E-state index contributed by atoms with van der Waals surface area (Å²) in [4.78, 5) is 0. The second-order valence-corrected chi connectivity index (χ2v) is 7.20. The average molecular weight is 425 g/mol. The SMILES string of the molecule is COc1cccc(-c2cc(-c3cccc(OC)c3)n(-c3ccc(Cl)c(Cl)c3)n2)c1. The maximum Gasteiger partial charge on any atom is 0.119 e. The van der Waals surface area contributed by atoms with Gasteiger partial charge in [0.15, 0.2) is 0 Å². The van der Waals surface area contributed by atoms with Gasteiger partial charge in [0, 0.05) is 11.1 Å². The lowest BCUT2D eigenvalue weighted by molar-refractivity contribution is 0.415. The van der Waals surface area contributed by atoms with E-state index < -0.39 is 0 Å². The molecule has 0 aliphatic carbocycles. The molecule has 4 rings (SSSR count). The average Bonchev–Trinajstić information content (AvgIpc) is 3.21. The molecule has 0 unspecified atom stereocenters. The van der Waals surface area contributed by atoms with Gasteiger partial charge in [-0.15, -0.1) is 0 Å². The van der Waals surface area contributed by atoms with E-state index in [1.54, 1.807) is 26.4 Å². The molecule has 1 aromatic heterocycles. The molecule has 0 bridgehead atoms. The highest BCUT2D eigenvalue weighted by molar-refractivity contribution is 6.42. The zero-order valence-corrected chi connectivity index (χ0v) is 17.4. The fourth-order valence-electron chi connectivity index (χ4n) is 3.11. The molecule has 29 heavy (non-hydrogen) atoms. The third kappa shape index (κ3) is 3.95. The summed E-state index contributed by atoms with van der Waals surface area (Å²) in [6, 6.07) is 23.1. The molecule has 146 valence electrons. The van der Waals surface area contributed by atoms with Gasteiger partial charge in [0.1, 0.15) is 11.5 Å². The van der Waals surface area contributed by atoms with Gasteiger partial charge in [-0.3, -0.25) is 0 Å². The van der Waals surface area contributed by atoms with Crippen LogP contribution in [0.25, 0.3) is 28.2 Å². The predicted octanol–water partition coefficient (Wildman–Crippen LogP) is 6.53. The number of nitrogens with zero attached hydrogens (tertiary/aromatic N) is 2. The van der Waals surface area contributed by atoms with E-state index in [-0.39, 0.29) is 0 Å². The van der Waals surface area contributed by atoms with Crippen molar-refractivity contribution in [1.29, 1.82) is 0 Å². The van der Waals surface area contributed by atoms with Gasteiger partial charge in [0.25, 0.3) is 0 Å². The molecule has 0 saturated heterocycles. The molecule has 0 fully saturated rings. The van der Waals surface area contributed by atoms with Crippen molar-refractivity contribution in [3.63, 3.8) is 0 Å². The Kier molecular flexibility index (Phi) is 5.47. The molecule has 0 N–H and O–H groups in total. The van der Waals surface area contributed by atoms with Crippen LogP contribution in [0.4, 0.5) is 0 Å². The minimum absolute atomic E-state index is 0.471. The standard InChI is InChI=1S/C23H18Cl2N2O2/c1-28-18-7-3-5-15(11-18)22-14-23(16-6-4-8-19(12-16)29-2)27(26-22)17-9-10-20(24)21(25)13-17/h3-14H,1-2H3. The van der Waals surface area contributed by atoms with E-state index in [1.807, 2.05) is 65.3 Å². The number of hydrogen-bond donors (Lipinski definition) is 0. The van der Waals surface area contributed by atoms with Gasteiger partial charge in [-0.05, 0) is 48.5 Å². The van der Waals surface area contributed by atoms with Crippen LogP contribution in [0, 0.1) is 0 Å². The Balaban J connectivity index is 1.91. The molecule has 3 aromatic carbocycles. The van der Waals surface area contributed by atoms with Crippen LogP contribution in [-0.4, -0.2) is 24.0 Å². The third-order valence-corrected chi connectivity index (χ3v) is 5.33. The molecule has 0 radical (unpaired) electrons. The van der Waals surface area contributed by atoms with Crippen LogP contribution in [-0.2, 0) is 0 Å². The first kappa shape index (κ1) is 19.4. The second-order valence-electron chi connectivity index (χ2n) is 6.39. The third-order valence-electron chi connectivity index (χ3n) is 4.59. The van der Waals surface area contributed by atoms with Crippen LogP contribution in [0.3, 0.4) is 0 Å². The molecular formula is C23H18Cl2N2O2. The van der Waals surface area contributed by atoms with E-state index >= 15 is 0 Å². The summed E-state index contributed by atoms with van der Waals surface area (Å²) >= 11 is 12.4. The van der Waals surface area contributed by atoms with Crippen molar-refractivity contribution in [2.45, 2.75) is 0 Å².